The van der Waals surface area contributed by atoms with Gasteiger partial charge in [0.25, 0.3) is 5.89 Å². The molecule has 1 N–H and O–H groups in total. The number of hydrogen-bond acceptors (Lipinski definition) is 6. The second-order valence-corrected chi connectivity index (χ2v) is 5.92. The van der Waals surface area contributed by atoms with Gasteiger partial charge in [0.05, 0.1) is 0 Å². The van der Waals surface area contributed by atoms with Crippen LogP contribution >= 0.6 is 0 Å². The van der Waals surface area contributed by atoms with Gasteiger partial charge >= 0.3 is 0 Å². The van der Waals surface area contributed by atoms with Crippen LogP contribution in [0.2, 0.25) is 0 Å². The predicted molar refractivity (Wildman–Crippen MR) is 82.8 cm³/mol. The van der Waals surface area contributed by atoms with Crippen molar-refractivity contribution in [1.29, 1.82) is 0 Å². The minimum absolute atomic E-state index is 0.274. The molecule has 2 heterocycles. The Hall–Kier alpha value is -2.54. The van der Waals surface area contributed by atoms with E-state index in [0.29, 0.717) is 34.5 Å². The third kappa shape index (κ3) is 2.71. The predicted octanol–water partition coefficient (Wildman–Crippen LogP) is 3.66. The fourth-order valence-corrected chi connectivity index (χ4v) is 2.65. The van der Waals surface area contributed by atoms with Gasteiger partial charge in [-0.15, -0.1) is 0 Å². The molecular weight excluding hydrogens is 313 g/mol. The van der Waals surface area contributed by atoms with Crippen LogP contribution < -0.4 is 0 Å². The van der Waals surface area contributed by atoms with E-state index in [2.05, 4.69) is 15.1 Å². The highest BCUT2D eigenvalue weighted by Gasteiger charge is 2.25. The highest BCUT2D eigenvalue weighted by Crippen LogP contribution is 2.36. The molecule has 0 amide bonds. The van der Waals surface area contributed by atoms with Crippen molar-refractivity contribution in [3.8, 4) is 23.0 Å². The number of alkyl halides is 1. The van der Waals surface area contributed by atoms with Gasteiger partial charge in [-0.05, 0) is 24.5 Å². The summed E-state index contributed by atoms with van der Waals surface area (Å²) in [6.45, 7) is -0.843. The normalized spacial score (nSPS) is 16.1. The molecule has 1 saturated carbocycles. The van der Waals surface area contributed by atoms with Crippen molar-refractivity contribution in [2.45, 2.75) is 31.3 Å². The van der Waals surface area contributed by atoms with Crippen LogP contribution in [0.1, 0.15) is 42.7 Å². The van der Waals surface area contributed by atoms with Crippen molar-refractivity contribution in [2.75, 3.05) is 6.67 Å². The van der Waals surface area contributed by atoms with Gasteiger partial charge in [0.15, 0.2) is 11.6 Å². The molecule has 1 aromatic carbocycles. The quantitative estimate of drug-likeness (QED) is 0.769. The molecule has 7 heteroatoms. The maximum absolute atomic E-state index is 12.6. The summed E-state index contributed by atoms with van der Waals surface area (Å²) in [5, 5.41) is 13.5. The van der Waals surface area contributed by atoms with Gasteiger partial charge in [-0.1, -0.05) is 29.8 Å². The largest absolute Gasteiger partial charge is 0.448 e. The first-order valence-corrected chi connectivity index (χ1v) is 7.88. The van der Waals surface area contributed by atoms with E-state index in [0.717, 1.165) is 12.8 Å². The van der Waals surface area contributed by atoms with E-state index >= 15 is 0 Å². The highest BCUT2D eigenvalue weighted by molar-refractivity contribution is 5.58. The number of oxazole rings is 1. The van der Waals surface area contributed by atoms with Crippen LogP contribution in [0.25, 0.3) is 23.0 Å². The Morgan fingerprint density at radius 1 is 1.29 bits per heavy atom. The number of aliphatic hydroxyl groups excluding tert-OH is 1. The number of rotatable bonds is 5. The monoisotopic (exact) mass is 329 g/mol. The van der Waals surface area contributed by atoms with Crippen molar-refractivity contribution in [3.63, 3.8) is 0 Å². The molecule has 0 saturated heterocycles. The SMILES string of the molecule is OC(CF)c1cccc(-c2noc(-c3coc(C4CCC4)n3)n2)c1. The Kier molecular flexibility index (Phi) is 3.86. The van der Waals surface area contributed by atoms with Gasteiger partial charge in [0.2, 0.25) is 5.82 Å². The van der Waals surface area contributed by atoms with E-state index in [4.69, 9.17) is 8.94 Å². The number of nitrogens with zero attached hydrogens (tertiary/aromatic N) is 3. The molecule has 0 spiro atoms. The van der Waals surface area contributed by atoms with Crippen LogP contribution in [-0.4, -0.2) is 26.9 Å². The Morgan fingerprint density at radius 3 is 2.92 bits per heavy atom. The fraction of sp³-hybridized carbons (Fsp3) is 0.353. The highest BCUT2D eigenvalue weighted by atomic mass is 19.1. The summed E-state index contributed by atoms with van der Waals surface area (Å²) in [5.41, 5.74) is 1.61. The summed E-state index contributed by atoms with van der Waals surface area (Å²) in [7, 11) is 0. The molecule has 1 atom stereocenters. The molecule has 0 aliphatic heterocycles. The molecule has 0 radical (unpaired) electrons. The van der Waals surface area contributed by atoms with Crippen molar-refractivity contribution >= 4 is 0 Å². The van der Waals surface area contributed by atoms with Crippen LogP contribution in [0.5, 0.6) is 0 Å². The van der Waals surface area contributed by atoms with Crippen LogP contribution in [-0.2, 0) is 0 Å². The van der Waals surface area contributed by atoms with Gasteiger partial charge < -0.3 is 14.0 Å². The fourth-order valence-electron chi connectivity index (χ4n) is 2.65. The lowest BCUT2D eigenvalue weighted by Gasteiger charge is -2.21. The van der Waals surface area contributed by atoms with E-state index < -0.39 is 12.8 Å². The maximum atomic E-state index is 12.6. The molecule has 1 aliphatic rings. The Morgan fingerprint density at radius 2 is 2.17 bits per heavy atom. The minimum atomic E-state index is -1.16. The van der Waals surface area contributed by atoms with Crippen molar-refractivity contribution in [1.82, 2.24) is 15.1 Å². The summed E-state index contributed by atoms with van der Waals surface area (Å²) in [4.78, 5) is 8.73. The van der Waals surface area contributed by atoms with Crippen LogP contribution in [0.3, 0.4) is 0 Å². The Balaban J connectivity index is 1.59. The molecule has 1 fully saturated rings. The molecule has 124 valence electrons. The molecular formula is C17H16FN3O3. The van der Waals surface area contributed by atoms with Gasteiger partial charge in [-0.2, -0.15) is 4.98 Å². The minimum Gasteiger partial charge on any atom is -0.448 e. The third-order valence-corrected chi connectivity index (χ3v) is 4.30. The van der Waals surface area contributed by atoms with Gasteiger partial charge in [-0.3, -0.25) is 0 Å². The summed E-state index contributed by atoms with van der Waals surface area (Å²) >= 11 is 0. The summed E-state index contributed by atoms with van der Waals surface area (Å²) in [5.74, 6) is 1.73. The molecule has 2 aromatic heterocycles. The smallest absolute Gasteiger partial charge is 0.280 e. The van der Waals surface area contributed by atoms with Gasteiger partial charge in [0.1, 0.15) is 19.0 Å². The van der Waals surface area contributed by atoms with E-state index in [-0.39, 0.29) is 5.89 Å². The second kappa shape index (κ2) is 6.16. The number of hydrogen-bond donors (Lipinski definition) is 1. The Labute approximate surface area is 137 Å². The number of aliphatic hydroxyl groups is 1. The van der Waals surface area contributed by atoms with Gasteiger partial charge in [-0.25, -0.2) is 9.37 Å². The lowest BCUT2D eigenvalue weighted by atomic mass is 9.85. The van der Waals surface area contributed by atoms with Crippen LogP contribution in [0.4, 0.5) is 4.39 Å². The molecule has 0 bridgehead atoms. The van der Waals surface area contributed by atoms with E-state index in [1.807, 2.05) is 0 Å². The van der Waals surface area contributed by atoms with Gasteiger partial charge in [0, 0.05) is 11.5 Å². The van der Waals surface area contributed by atoms with Crippen LogP contribution in [0, 0.1) is 0 Å². The number of benzene rings is 1. The molecule has 4 rings (SSSR count). The maximum Gasteiger partial charge on any atom is 0.280 e. The topological polar surface area (TPSA) is 85.2 Å². The lowest BCUT2D eigenvalue weighted by molar-refractivity contribution is 0.142. The van der Waals surface area contributed by atoms with Crippen molar-refractivity contribution in [3.05, 3.63) is 42.0 Å². The molecule has 3 aromatic rings. The first-order valence-electron chi connectivity index (χ1n) is 7.88. The summed E-state index contributed by atoms with van der Waals surface area (Å²) in [6.07, 6.45) is 3.76. The zero-order valence-electron chi connectivity index (χ0n) is 12.9. The van der Waals surface area contributed by atoms with E-state index in [1.165, 1.54) is 12.7 Å². The van der Waals surface area contributed by atoms with E-state index in [9.17, 15) is 9.50 Å². The van der Waals surface area contributed by atoms with Crippen molar-refractivity contribution < 1.29 is 18.4 Å². The molecule has 6 nitrogen and oxygen atoms in total. The molecule has 1 unspecified atom stereocenters. The standard InChI is InChI=1S/C17H16FN3O3/c18-8-14(22)11-5-2-6-12(7-11)15-20-17(24-21-15)13-9-23-16(19-13)10-3-1-4-10/h2,5-7,9-10,14,22H,1,3-4,8H2. The van der Waals surface area contributed by atoms with Crippen molar-refractivity contribution in [2.24, 2.45) is 0 Å². The lowest BCUT2D eigenvalue weighted by Crippen LogP contribution is -2.08. The second-order valence-electron chi connectivity index (χ2n) is 5.92. The average Bonchev–Trinajstić information content (AvgIpc) is 3.22. The number of aromatic nitrogens is 3. The summed E-state index contributed by atoms with van der Waals surface area (Å²) < 4.78 is 23.4. The molecule has 24 heavy (non-hydrogen) atoms. The average molecular weight is 329 g/mol. The van der Waals surface area contributed by atoms with Crippen LogP contribution in [0.15, 0.2) is 39.5 Å². The summed E-state index contributed by atoms with van der Waals surface area (Å²) in [6, 6.07) is 6.77. The molecule has 1 aliphatic carbocycles. The first kappa shape index (κ1) is 15.0. The first-order chi connectivity index (χ1) is 11.7. The zero-order valence-corrected chi connectivity index (χ0v) is 12.9. The third-order valence-electron chi connectivity index (χ3n) is 4.30. The Bertz CT molecular complexity index is 841. The number of halogens is 1. The van der Waals surface area contributed by atoms with E-state index in [1.54, 1.807) is 24.3 Å². The zero-order chi connectivity index (χ0) is 16.5.